The van der Waals surface area contributed by atoms with Gasteiger partial charge in [0.1, 0.15) is 6.04 Å². The number of hydrogen-bond donors (Lipinski definition) is 1. The summed E-state index contributed by atoms with van der Waals surface area (Å²) in [5.41, 5.74) is 2.13. The Morgan fingerprint density at radius 2 is 2.06 bits per heavy atom. The Labute approximate surface area is 106 Å². The molecule has 1 fully saturated rings. The minimum absolute atomic E-state index is 0.0609. The predicted octanol–water partition coefficient (Wildman–Crippen LogP) is 1.96. The third-order valence-corrected chi connectivity index (χ3v) is 3.32. The first kappa shape index (κ1) is 12.6. The predicted molar refractivity (Wildman–Crippen MR) is 67.0 cm³/mol. The van der Waals surface area contributed by atoms with E-state index in [1.54, 1.807) is 0 Å². The number of carboxylic acid groups (broad SMARTS) is 1. The van der Waals surface area contributed by atoms with Gasteiger partial charge in [0.2, 0.25) is 5.91 Å². The van der Waals surface area contributed by atoms with Crippen molar-refractivity contribution in [2.75, 3.05) is 0 Å². The Morgan fingerprint density at radius 3 is 2.67 bits per heavy atom. The van der Waals surface area contributed by atoms with E-state index in [1.807, 2.05) is 31.2 Å². The maximum Gasteiger partial charge on any atom is 0.326 e. The van der Waals surface area contributed by atoms with E-state index < -0.39 is 12.0 Å². The summed E-state index contributed by atoms with van der Waals surface area (Å²) in [4.78, 5) is 24.5. The van der Waals surface area contributed by atoms with Gasteiger partial charge in [-0.25, -0.2) is 4.79 Å². The lowest BCUT2D eigenvalue weighted by atomic mass is 10.0. The number of piperidine rings is 1. The first-order valence-electron chi connectivity index (χ1n) is 6.16. The van der Waals surface area contributed by atoms with E-state index in [4.69, 9.17) is 5.11 Å². The molecule has 0 bridgehead atoms. The van der Waals surface area contributed by atoms with Gasteiger partial charge >= 0.3 is 5.97 Å². The van der Waals surface area contributed by atoms with Gasteiger partial charge in [-0.3, -0.25) is 4.79 Å². The van der Waals surface area contributed by atoms with E-state index in [0.29, 0.717) is 25.8 Å². The molecule has 4 heteroatoms. The van der Waals surface area contributed by atoms with Crippen molar-refractivity contribution >= 4 is 11.9 Å². The second kappa shape index (κ2) is 5.21. The molecule has 1 N–H and O–H groups in total. The van der Waals surface area contributed by atoms with Gasteiger partial charge < -0.3 is 10.0 Å². The highest BCUT2D eigenvalue weighted by atomic mass is 16.4. The molecule has 1 aliphatic rings. The first-order valence-corrected chi connectivity index (χ1v) is 6.16. The number of benzene rings is 1. The summed E-state index contributed by atoms with van der Waals surface area (Å²) < 4.78 is 0. The molecule has 96 valence electrons. The van der Waals surface area contributed by atoms with Gasteiger partial charge in [-0.1, -0.05) is 29.8 Å². The van der Waals surface area contributed by atoms with Gasteiger partial charge in [-0.05, 0) is 25.3 Å². The van der Waals surface area contributed by atoms with Crippen LogP contribution in [0.15, 0.2) is 24.3 Å². The van der Waals surface area contributed by atoms with Crippen molar-refractivity contribution in [2.24, 2.45) is 0 Å². The Morgan fingerprint density at radius 1 is 1.39 bits per heavy atom. The molecule has 1 aromatic rings. The number of hydrogen-bond acceptors (Lipinski definition) is 2. The monoisotopic (exact) mass is 247 g/mol. The highest BCUT2D eigenvalue weighted by Gasteiger charge is 2.32. The van der Waals surface area contributed by atoms with Gasteiger partial charge in [-0.2, -0.15) is 0 Å². The summed E-state index contributed by atoms with van der Waals surface area (Å²) in [7, 11) is 0. The van der Waals surface area contributed by atoms with Crippen molar-refractivity contribution in [1.29, 1.82) is 0 Å². The second-order valence-electron chi connectivity index (χ2n) is 4.75. The Hall–Kier alpha value is -1.84. The van der Waals surface area contributed by atoms with Gasteiger partial charge in [0.05, 0.1) is 0 Å². The lowest BCUT2D eigenvalue weighted by Gasteiger charge is -2.33. The average Bonchev–Trinajstić information content (AvgIpc) is 2.34. The van der Waals surface area contributed by atoms with Crippen LogP contribution >= 0.6 is 0 Å². The van der Waals surface area contributed by atoms with Crippen LogP contribution in [0.3, 0.4) is 0 Å². The zero-order chi connectivity index (χ0) is 13.1. The molecule has 1 aliphatic heterocycles. The van der Waals surface area contributed by atoms with Crippen molar-refractivity contribution in [1.82, 2.24) is 4.90 Å². The molecule has 18 heavy (non-hydrogen) atoms. The molecule has 1 amide bonds. The molecule has 1 aromatic carbocycles. The molecule has 1 unspecified atom stereocenters. The van der Waals surface area contributed by atoms with Crippen molar-refractivity contribution in [3.63, 3.8) is 0 Å². The van der Waals surface area contributed by atoms with Crippen LogP contribution in [0.1, 0.15) is 30.4 Å². The van der Waals surface area contributed by atoms with E-state index >= 15 is 0 Å². The zero-order valence-electron chi connectivity index (χ0n) is 10.4. The SMILES string of the molecule is Cc1ccc(CN2C(=O)CCCC2C(=O)O)cc1. The summed E-state index contributed by atoms with van der Waals surface area (Å²) in [6.45, 7) is 2.38. The molecule has 1 heterocycles. The summed E-state index contributed by atoms with van der Waals surface area (Å²) in [6, 6.07) is 7.15. The van der Waals surface area contributed by atoms with E-state index in [9.17, 15) is 9.59 Å². The number of aryl methyl sites for hydroxylation is 1. The van der Waals surface area contributed by atoms with E-state index in [0.717, 1.165) is 11.1 Å². The maximum atomic E-state index is 11.8. The molecule has 1 atom stereocenters. The highest BCUT2D eigenvalue weighted by molar-refractivity contribution is 5.84. The number of aliphatic carboxylic acids is 1. The summed E-state index contributed by atoms with van der Waals surface area (Å²) in [6.07, 6.45) is 1.67. The van der Waals surface area contributed by atoms with E-state index in [2.05, 4.69) is 0 Å². The lowest BCUT2D eigenvalue weighted by Crippen LogP contribution is -2.47. The lowest BCUT2D eigenvalue weighted by molar-refractivity contribution is -0.153. The van der Waals surface area contributed by atoms with Crippen LogP contribution in [-0.2, 0) is 16.1 Å². The van der Waals surface area contributed by atoms with E-state index in [-0.39, 0.29) is 5.91 Å². The maximum absolute atomic E-state index is 11.8. The number of carbonyl (C=O) groups is 2. The second-order valence-corrected chi connectivity index (χ2v) is 4.75. The minimum Gasteiger partial charge on any atom is -0.480 e. The van der Waals surface area contributed by atoms with Crippen LogP contribution in [0.4, 0.5) is 0 Å². The Bertz CT molecular complexity index is 453. The smallest absolute Gasteiger partial charge is 0.326 e. The molecule has 0 aromatic heterocycles. The van der Waals surface area contributed by atoms with Crippen LogP contribution in [0.2, 0.25) is 0 Å². The van der Waals surface area contributed by atoms with Gasteiger partial charge in [-0.15, -0.1) is 0 Å². The first-order chi connectivity index (χ1) is 8.58. The standard InChI is InChI=1S/C14H17NO3/c1-10-5-7-11(8-6-10)9-15-12(14(17)18)3-2-4-13(15)16/h5-8,12H,2-4,9H2,1H3,(H,17,18). The fourth-order valence-electron chi connectivity index (χ4n) is 2.27. The summed E-state index contributed by atoms with van der Waals surface area (Å²) >= 11 is 0. The molecule has 0 saturated carbocycles. The third kappa shape index (κ3) is 2.70. The van der Waals surface area contributed by atoms with E-state index in [1.165, 1.54) is 4.90 Å². The molecule has 0 radical (unpaired) electrons. The third-order valence-electron chi connectivity index (χ3n) is 3.32. The average molecular weight is 247 g/mol. The van der Waals surface area contributed by atoms with Crippen molar-refractivity contribution in [2.45, 2.75) is 38.8 Å². The number of likely N-dealkylation sites (tertiary alicyclic amines) is 1. The molecule has 1 saturated heterocycles. The number of nitrogens with zero attached hydrogens (tertiary/aromatic N) is 1. The fraction of sp³-hybridized carbons (Fsp3) is 0.429. The number of amides is 1. The molecule has 0 aliphatic carbocycles. The van der Waals surface area contributed by atoms with Crippen molar-refractivity contribution in [3.05, 3.63) is 35.4 Å². The summed E-state index contributed by atoms with van der Waals surface area (Å²) in [5, 5.41) is 9.15. The minimum atomic E-state index is -0.907. The fourth-order valence-corrected chi connectivity index (χ4v) is 2.27. The number of carboxylic acids is 1. The largest absolute Gasteiger partial charge is 0.480 e. The molecule has 0 spiro atoms. The van der Waals surface area contributed by atoms with Crippen molar-refractivity contribution in [3.8, 4) is 0 Å². The van der Waals surface area contributed by atoms with Crippen LogP contribution in [0, 0.1) is 6.92 Å². The van der Waals surface area contributed by atoms with Crippen LogP contribution in [0.5, 0.6) is 0 Å². The highest BCUT2D eigenvalue weighted by Crippen LogP contribution is 2.21. The summed E-state index contributed by atoms with van der Waals surface area (Å²) in [5.74, 6) is -0.968. The normalized spacial score (nSPS) is 19.9. The number of carbonyl (C=O) groups excluding carboxylic acids is 1. The van der Waals surface area contributed by atoms with Gasteiger partial charge in [0, 0.05) is 13.0 Å². The van der Waals surface area contributed by atoms with Crippen LogP contribution in [-0.4, -0.2) is 27.9 Å². The van der Waals surface area contributed by atoms with Crippen LogP contribution in [0.25, 0.3) is 0 Å². The van der Waals surface area contributed by atoms with Gasteiger partial charge in [0.15, 0.2) is 0 Å². The molecule has 4 nitrogen and oxygen atoms in total. The topological polar surface area (TPSA) is 57.6 Å². The zero-order valence-corrected chi connectivity index (χ0v) is 10.4. The molecule has 2 rings (SSSR count). The molecular formula is C14H17NO3. The Balaban J connectivity index is 2.15. The number of rotatable bonds is 3. The van der Waals surface area contributed by atoms with Crippen molar-refractivity contribution < 1.29 is 14.7 Å². The Kier molecular flexibility index (Phi) is 3.65. The quantitative estimate of drug-likeness (QED) is 0.888. The molecular weight excluding hydrogens is 230 g/mol. The van der Waals surface area contributed by atoms with Gasteiger partial charge in [0.25, 0.3) is 0 Å². The van der Waals surface area contributed by atoms with Crippen LogP contribution < -0.4 is 0 Å².